The summed E-state index contributed by atoms with van der Waals surface area (Å²) in [4.78, 5) is 7.09. The zero-order valence-electron chi connectivity index (χ0n) is 16.5. The van der Waals surface area contributed by atoms with Crippen molar-refractivity contribution in [1.29, 1.82) is 0 Å². The van der Waals surface area contributed by atoms with Gasteiger partial charge in [-0.15, -0.1) is 0 Å². The molecular formula is C22H30N2O2S. The molecule has 2 aliphatic rings. The average Bonchev–Trinajstić information content (AvgIpc) is 3.08. The van der Waals surface area contributed by atoms with Crippen LogP contribution in [0.15, 0.2) is 30.3 Å². The smallest absolute Gasteiger partial charge is 0.161 e. The molecule has 1 saturated heterocycles. The lowest BCUT2D eigenvalue weighted by Crippen LogP contribution is -2.25. The second kappa shape index (κ2) is 8.53. The van der Waals surface area contributed by atoms with Gasteiger partial charge >= 0.3 is 0 Å². The zero-order chi connectivity index (χ0) is 18.1. The van der Waals surface area contributed by atoms with Crippen molar-refractivity contribution in [2.75, 3.05) is 26.3 Å². The molecule has 0 bridgehead atoms. The van der Waals surface area contributed by atoms with Crippen molar-refractivity contribution in [3.8, 4) is 11.5 Å². The number of nitrogens with zero attached hydrogens (tertiary/aromatic N) is 2. The van der Waals surface area contributed by atoms with E-state index in [0.717, 1.165) is 48.3 Å². The third kappa shape index (κ3) is 4.58. The van der Waals surface area contributed by atoms with Crippen molar-refractivity contribution >= 4 is 13.5 Å². The molecule has 146 valence electrons. The van der Waals surface area contributed by atoms with E-state index in [1.165, 1.54) is 17.5 Å². The molecule has 1 aromatic heterocycles. The molecule has 4 rings (SSSR count). The van der Waals surface area contributed by atoms with Gasteiger partial charge in [-0.2, -0.15) is 13.5 Å². The Bertz CT molecular complexity index is 776. The highest BCUT2D eigenvalue weighted by molar-refractivity contribution is 7.59. The van der Waals surface area contributed by atoms with Crippen LogP contribution in [0.2, 0.25) is 0 Å². The van der Waals surface area contributed by atoms with Crippen LogP contribution in [-0.2, 0) is 6.42 Å². The largest absolute Gasteiger partial charge is 0.486 e. The summed E-state index contributed by atoms with van der Waals surface area (Å²) in [6.45, 7) is 10.1. The standard InChI is InChI=1S/C22H28N2O2.H2S/c1-15-10-19(11-16(2)23-15)12-18-6-7-24(14-18)17(3)20-4-5-21-22(13-20)26-9-8-25-21;/h4-5,10-11,13,17-18H,6-9,12,14H2,1-3H3;1H2/t17?,18-;/m1./s1. The number of rotatable bonds is 4. The molecule has 2 aliphatic heterocycles. The van der Waals surface area contributed by atoms with Gasteiger partial charge in [-0.05, 0) is 81.5 Å². The van der Waals surface area contributed by atoms with Gasteiger partial charge in [-0.3, -0.25) is 9.88 Å². The van der Waals surface area contributed by atoms with Crippen LogP contribution in [0, 0.1) is 19.8 Å². The molecule has 1 aromatic carbocycles. The lowest BCUT2D eigenvalue weighted by molar-refractivity contribution is 0.170. The average molecular weight is 387 g/mol. The molecule has 0 N–H and O–H groups in total. The van der Waals surface area contributed by atoms with Crippen molar-refractivity contribution < 1.29 is 9.47 Å². The summed E-state index contributed by atoms with van der Waals surface area (Å²) in [6.07, 6.45) is 2.41. The Morgan fingerprint density at radius 2 is 1.78 bits per heavy atom. The van der Waals surface area contributed by atoms with Gasteiger partial charge in [0.1, 0.15) is 13.2 Å². The number of aryl methyl sites for hydroxylation is 2. The maximum Gasteiger partial charge on any atom is 0.161 e. The van der Waals surface area contributed by atoms with Crippen LogP contribution in [0.1, 0.15) is 41.9 Å². The van der Waals surface area contributed by atoms with E-state index in [-0.39, 0.29) is 13.5 Å². The minimum atomic E-state index is 0. The Labute approximate surface area is 169 Å². The molecule has 1 unspecified atom stereocenters. The predicted molar refractivity (Wildman–Crippen MR) is 113 cm³/mol. The van der Waals surface area contributed by atoms with Gasteiger partial charge in [-0.1, -0.05) is 6.07 Å². The van der Waals surface area contributed by atoms with E-state index < -0.39 is 0 Å². The van der Waals surface area contributed by atoms with Crippen LogP contribution < -0.4 is 9.47 Å². The third-order valence-corrected chi connectivity index (χ3v) is 5.58. The fourth-order valence-corrected chi connectivity index (χ4v) is 4.28. The van der Waals surface area contributed by atoms with Crippen LogP contribution in [-0.4, -0.2) is 36.2 Å². The second-order valence-corrected chi connectivity index (χ2v) is 7.69. The van der Waals surface area contributed by atoms with Crippen LogP contribution in [0.5, 0.6) is 11.5 Å². The number of likely N-dealkylation sites (tertiary alicyclic amines) is 1. The maximum atomic E-state index is 5.75. The number of hydrogen-bond donors (Lipinski definition) is 0. The Kier molecular flexibility index (Phi) is 6.33. The normalized spacial score (nSPS) is 20.2. The van der Waals surface area contributed by atoms with Crippen LogP contribution in [0.4, 0.5) is 0 Å². The summed E-state index contributed by atoms with van der Waals surface area (Å²) in [7, 11) is 0. The molecule has 0 saturated carbocycles. The summed E-state index contributed by atoms with van der Waals surface area (Å²) < 4.78 is 11.4. The van der Waals surface area contributed by atoms with Crippen LogP contribution >= 0.6 is 13.5 Å². The van der Waals surface area contributed by atoms with E-state index in [1.54, 1.807) is 0 Å². The van der Waals surface area contributed by atoms with E-state index in [9.17, 15) is 0 Å². The van der Waals surface area contributed by atoms with E-state index in [0.29, 0.717) is 19.3 Å². The Morgan fingerprint density at radius 1 is 1.07 bits per heavy atom. The highest BCUT2D eigenvalue weighted by atomic mass is 32.1. The minimum Gasteiger partial charge on any atom is -0.486 e. The summed E-state index contributed by atoms with van der Waals surface area (Å²) in [5.41, 5.74) is 4.98. The summed E-state index contributed by atoms with van der Waals surface area (Å²) in [6, 6.07) is 11.3. The van der Waals surface area contributed by atoms with Gasteiger partial charge < -0.3 is 9.47 Å². The van der Waals surface area contributed by atoms with Gasteiger partial charge in [0.05, 0.1) is 0 Å². The topological polar surface area (TPSA) is 34.6 Å². The number of pyridine rings is 1. The van der Waals surface area contributed by atoms with Crippen molar-refractivity contribution in [3.05, 3.63) is 52.8 Å². The van der Waals surface area contributed by atoms with Crippen molar-refractivity contribution in [1.82, 2.24) is 9.88 Å². The quantitative estimate of drug-likeness (QED) is 0.788. The Hall–Kier alpha value is -1.72. The minimum absolute atomic E-state index is 0. The highest BCUT2D eigenvalue weighted by Crippen LogP contribution is 2.35. The van der Waals surface area contributed by atoms with E-state index >= 15 is 0 Å². The molecular weight excluding hydrogens is 356 g/mol. The van der Waals surface area contributed by atoms with Gasteiger partial charge in [0.25, 0.3) is 0 Å². The predicted octanol–water partition coefficient (Wildman–Crippen LogP) is 4.21. The Morgan fingerprint density at radius 3 is 2.52 bits per heavy atom. The Balaban J connectivity index is 0.00000210. The number of benzene rings is 1. The molecule has 4 nitrogen and oxygen atoms in total. The molecule has 0 spiro atoms. The molecule has 0 amide bonds. The third-order valence-electron chi connectivity index (χ3n) is 5.58. The summed E-state index contributed by atoms with van der Waals surface area (Å²) in [5.74, 6) is 2.48. The van der Waals surface area contributed by atoms with Gasteiger partial charge in [0.2, 0.25) is 0 Å². The first-order chi connectivity index (χ1) is 12.6. The molecule has 0 aliphatic carbocycles. The molecule has 2 aromatic rings. The molecule has 27 heavy (non-hydrogen) atoms. The second-order valence-electron chi connectivity index (χ2n) is 7.69. The summed E-state index contributed by atoms with van der Waals surface area (Å²) >= 11 is 0. The molecule has 5 heteroatoms. The maximum absolute atomic E-state index is 5.75. The number of fused-ring (bicyclic) bond motifs is 1. The van der Waals surface area contributed by atoms with Crippen molar-refractivity contribution in [2.24, 2.45) is 5.92 Å². The first-order valence-corrected chi connectivity index (χ1v) is 9.66. The molecule has 2 atom stereocenters. The zero-order valence-corrected chi connectivity index (χ0v) is 17.5. The highest BCUT2D eigenvalue weighted by Gasteiger charge is 2.27. The van der Waals surface area contributed by atoms with Crippen LogP contribution in [0.25, 0.3) is 0 Å². The van der Waals surface area contributed by atoms with Crippen molar-refractivity contribution in [3.63, 3.8) is 0 Å². The number of hydrogen-bond acceptors (Lipinski definition) is 4. The fraction of sp³-hybridized carbons (Fsp3) is 0.500. The molecule has 1 fully saturated rings. The first kappa shape index (κ1) is 20.0. The van der Waals surface area contributed by atoms with Crippen molar-refractivity contribution in [2.45, 2.75) is 39.7 Å². The first-order valence-electron chi connectivity index (χ1n) is 9.66. The fourth-order valence-electron chi connectivity index (χ4n) is 4.28. The van der Waals surface area contributed by atoms with E-state index in [4.69, 9.17) is 9.47 Å². The lowest BCUT2D eigenvalue weighted by Gasteiger charge is -2.26. The van der Waals surface area contributed by atoms with Gasteiger partial charge in [0.15, 0.2) is 11.5 Å². The molecule has 3 heterocycles. The van der Waals surface area contributed by atoms with E-state index in [1.807, 2.05) is 0 Å². The lowest BCUT2D eigenvalue weighted by atomic mass is 9.98. The van der Waals surface area contributed by atoms with E-state index in [2.05, 4.69) is 61.0 Å². The van der Waals surface area contributed by atoms with Crippen LogP contribution in [0.3, 0.4) is 0 Å². The number of ether oxygens (including phenoxy) is 2. The van der Waals surface area contributed by atoms with Gasteiger partial charge in [0, 0.05) is 24.0 Å². The monoisotopic (exact) mass is 386 g/mol. The number of aromatic nitrogens is 1. The molecule has 0 radical (unpaired) electrons. The summed E-state index contributed by atoms with van der Waals surface area (Å²) in [5, 5.41) is 0. The SMILES string of the molecule is Cc1cc(C[C@H]2CCN(C(C)c3ccc4c(c3)OCCO4)C2)cc(C)n1.S. The van der Waals surface area contributed by atoms with Gasteiger partial charge in [-0.25, -0.2) is 0 Å².